The zero-order valence-electron chi connectivity index (χ0n) is 15.5. The zero-order valence-corrected chi connectivity index (χ0v) is 16.3. The number of anilines is 1. The van der Waals surface area contributed by atoms with E-state index in [1.807, 2.05) is 43.3 Å². The monoisotopic (exact) mass is 374 g/mol. The second-order valence-corrected chi connectivity index (χ2v) is 7.64. The van der Waals surface area contributed by atoms with Crippen molar-refractivity contribution in [1.29, 1.82) is 0 Å². The van der Waals surface area contributed by atoms with Crippen LogP contribution >= 0.6 is 11.3 Å². The van der Waals surface area contributed by atoms with Crippen molar-refractivity contribution in [3.05, 3.63) is 88.4 Å². The molecule has 0 fully saturated rings. The topological polar surface area (TPSA) is 34.0 Å². The summed E-state index contributed by atoms with van der Waals surface area (Å²) in [4.78, 5) is 13.2. The van der Waals surface area contributed by atoms with Crippen LogP contribution < -0.4 is 5.32 Å². The molecule has 4 rings (SSSR count). The van der Waals surface area contributed by atoms with Gasteiger partial charge < -0.3 is 9.88 Å². The maximum Gasteiger partial charge on any atom is 0.272 e. The van der Waals surface area contributed by atoms with E-state index in [0.717, 1.165) is 33.5 Å². The zero-order chi connectivity index (χ0) is 18.8. The molecule has 0 unspecified atom stereocenters. The van der Waals surface area contributed by atoms with Crippen molar-refractivity contribution >= 4 is 33.1 Å². The average Bonchev–Trinajstić information content (AvgIpc) is 3.27. The Morgan fingerprint density at radius 1 is 1.07 bits per heavy atom. The van der Waals surface area contributed by atoms with Crippen molar-refractivity contribution in [2.24, 2.45) is 0 Å². The number of aromatic nitrogens is 1. The molecule has 2 aromatic heterocycles. The van der Waals surface area contributed by atoms with Crippen LogP contribution in [-0.4, -0.2) is 10.5 Å². The molecule has 0 radical (unpaired) electrons. The highest BCUT2D eigenvalue weighted by atomic mass is 32.1. The molecule has 1 N–H and O–H groups in total. The molecule has 1 amide bonds. The van der Waals surface area contributed by atoms with Gasteiger partial charge in [0.1, 0.15) is 5.69 Å². The Morgan fingerprint density at radius 3 is 2.67 bits per heavy atom. The van der Waals surface area contributed by atoms with Gasteiger partial charge in [-0.25, -0.2) is 0 Å². The first-order chi connectivity index (χ1) is 13.2. The smallest absolute Gasteiger partial charge is 0.272 e. The molecule has 2 heterocycles. The highest BCUT2D eigenvalue weighted by Crippen LogP contribution is 2.28. The maximum atomic E-state index is 13.2. The van der Waals surface area contributed by atoms with E-state index in [0.29, 0.717) is 12.2 Å². The summed E-state index contributed by atoms with van der Waals surface area (Å²) in [5.41, 5.74) is 6.17. The van der Waals surface area contributed by atoms with Crippen LogP contribution in [0.4, 0.5) is 5.69 Å². The van der Waals surface area contributed by atoms with E-state index in [1.54, 1.807) is 11.3 Å². The largest absolute Gasteiger partial charge is 0.331 e. The highest BCUT2D eigenvalue weighted by molar-refractivity contribution is 7.17. The van der Waals surface area contributed by atoms with E-state index in [-0.39, 0.29) is 5.91 Å². The molecular weight excluding hydrogens is 352 g/mol. The van der Waals surface area contributed by atoms with Gasteiger partial charge in [-0.3, -0.25) is 4.79 Å². The molecule has 0 saturated heterocycles. The molecule has 136 valence electrons. The second kappa shape index (κ2) is 7.41. The molecule has 0 bridgehead atoms. The van der Waals surface area contributed by atoms with Crippen molar-refractivity contribution < 1.29 is 4.79 Å². The van der Waals surface area contributed by atoms with Crippen LogP contribution in [0.1, 0.15) is 34.1 Å². The van der Waals surface area contributed by atoms with Crippen molar-refractivity contribution in [3.63, 3.8) is 0 Å². The third kappa shape index (κ3) is 3.40. The number of rotatable bonds is 5. The molecule has 0 aliphatic rings. The molecule has 0 aliphatic heterocycles. The van der Waals surface area contributed by atoms with Gasteiger partial charge in [-0.2, -0.15) is 0 Å². The molecule has 3 nitrogen and oxygen atoms in total. The van der Waals surface area contributed by atoms with Crippen molar-refractivity contribution in [3.8, 4) is 0 Å². The summed E-state index contributed by atoms with van der Waals surface area (Å²) >= 11 is 1.67. The van der Waals surface area contributed by atoms with Gasteiger partial charge in [-0.1, -0.05) is 55.5 Å². The highest BCUT2D eigenvalue weighted by Gasteiger charge is 2.18. The average molecular weight is 375 g/mol. The van der Waals surface area contributed by atoms with Crippen LogP contribution in [-0.2, 0) is 13.0 Å². The van der Waals surface area contributed by atoms with Gasteiger partial charge in [0.15, 0.2) is 0 Å². The van der Waals surface area contributed by atoms with Crippen molar-refractivity contribution in [2.45, 2.75) is 26.8 Å². The molecule has 0 atom stereocenters. The van der Waals surface area contributed by atoms with Crippen LogP contribution in [0.2, 0.25) is 0 Å². The fourth-order valence-corrected chi connectivity index (χ4v) is 4.30. The molecule has 0 aliphatic carbocycles. The summed E-state index contributed by atoms with van der Waals surface area (Å²) in [5, 5.41) is 5.24. The van der Waals surface area contributed by atoms with Crippen molar-refractivity contribution in [1.82, 2.24) is 4.57 Å². The Kier molecular flexibility index (Phi) is 4.82. The summed E-state index contributed by atoms with van der Waals surface area (Å²) in [6.07, 6.45) is 0.886. The Morgan fingerprint density at radius 2 is 1.89 bits per heavy atom. The molecule has 27 heavy (non-hydrogen) atoms. The van der Waals surface area contributed by atoms with Gasteiger partial charge in [0, 0.05) is 12.2 Å². The lowest BCUT2D eigenvalue weighted by molar-refractivity contribution is 0.101. The molecular formula is C23H22N2OS. The standard InChI is InChI=1S/C23H22N2OS/c1-3-18-11-7-8-16(2)22(18)24-23(26)20-14-21-19(12-13-27-21)25(20)15-17-9-5-4-6-10-17/h4-14H,3,15H2,1-2H3,(H,24,26). The number of hydrogen-bond donors (Lipinski definition) is 1. The van der Waals surface area contributed by atoms with E-state index in [1.165, 1.54) is 5.56 Å². The van der Waals surface area contributed by atoms with E-state index < -0.39 is 0 Å². The fraction of sp³-hybridized carbons (Fsp3) is 0.174. The summed E-state index contributed by atoms with van der Waals surface area (Å²) < 4.78 is 3.25. The van der Waals surface area contributed by atoms with Crippen LogP contribution in [0.3, 0.4) is 0 Å². The Hall–Kier alpha value is -2.85. The van der Waals surface area contributed by atoms with Gasteiger partial charge >= 0.3 is 0 Å². The van der Waals surface area contributed by atoms with Crippen LogP contribution in [0, 0.1) is 6.92 Å². The van der Waals surface area contributed by atoms with E-state index in [9.17, 15) is 4.79 Å². The number of fused-ring (bicyclic) bond motifs is 1. The van der Waals surface area contributed by atoms with Crippen LogP contribution in [0.25, 0.3) is 10.2 Å². The van der Waals surface area contributed by atoms with Crippen LogP contribution in [0.5, 0.6) is 0 Å². The number of hydrogen-bond acceptors (Lipinski definition) is 2. The van der Waals surface area contributed by atoms with E-state index in [2.05, 4.69) is 46.5 Å². The number of para-hydroxylation sites is 1. The Labute approximate surface area is 163 Å². The number of carbonyl (C=O) groups excluding carboxylic acids is 1. The SMILES string of the molecule is CCc1cccc(C)c1NC(=O)c1cc2sccc2n1Cc1ccccc1. The lowest BCUT2D eigenvalue weighted by Gasteiger charge is -2.15. The number of nitrogens with one attached hydrogen (secondary N) is 1. The van der Waals surface area contributed by atoms with E-state index >= 15 is 0 Å². The molecule has 2 aromatic carbocycles. The molecule has 0 spiro atoms. The molecule has 4 aromatic rings. The molecule has 0 saturated carbocycles. The van der Waals surface area contributed by atoms with E-state index in [4.69, 9.17) is 0 Å². The third-order valence-corrected chi connectivity index (χ3v) is 5.77. The number of benzene rings is 2. The summed E-state index contributed by atoms with van der Waals surface area (Å²) in [6.45, 7) is 4.83. The Bertz CT molecular complexity index is 1090. The molecule has 4 heteroatoms. The minimum Gasteiger partial charge on any atom is -0.331 e. The quantitative estimate of drug-likeness (QED) is 0.465. The lowest BCUT2D eigenvalue weighted by Crippen LogP contribution is -2.19. The van der Waals surface area contributed by atoms with Gasteiger partial charge in [-0.15, -0.1) is 11.3 Å². The number of aryl methyl sites for hydroxylation is 2. The summed E-state index contributed by atoms with van der Waals surface area (Å²) in [6, 6.07) is 20.5. The van der Waals surface area contributed by atoms with Gasteiger partial charge in [0.05, 0.1) is 10.2 Å². The first-order valence-electron chi connectivity index (χ1n) is 9.18. The van der Waals surface area contributed by atoms with Gasteiger partial charge in [0.25, 0.3) is 5.91 Å². The fourth-order valence-electron chi connectivity index (χ4n) is 3.48. The lowest BCUT2D eigenvalue weighted by atomic mass is 10.1. The number of amides is 1. The number of nitrogens with zero attached hydrogens (tertiary/aromatic N) is 1. The Balaban J connectivity index is 1.72. The minimum absolute atomic E-state index is 0.0571. The number of carbonyl (C=O) groups is 1. The normalized spacial score (nSPS) is 11.0. The second-order valence-electron chi connectivity index (χ2n) is 6.69. The maximum absolute atomic E-state index is 13.2. The van der Waals surface area contributed by atoms with Crippen molar-refractivity contribution in [2.75, 3.05) is 5.32 Å². The third-order valence-electron chi connectivity index (χ3n) is 4.92. The van der Waals surface area contributed by atoms with Gasteiger partial charge in [-0.05, 0) is 47.5 Å². The number of thiophene rings is 1. The predicted molar refractivity (Wildman–Crippen MR) is 114 cm³/mol. The first-order valence-corrected chi connectivity index (χ1v) is 10.1. The van der Waals surface area contributed by atoms with Crippen LogP contribution in [0.15, 0.2) is 66.0 Å². The van der Waals surface area contributed by atoms with Gasteiger partial charge in [0.2, 0.25) is 0 Å². The summed E-state index contributed by atoms with van der Waals surface area (Å²) in [5.74, 6) is -0.0571. The first kappa shape index (κ1) is 17.6. The predicted octanol–water partition coefficient (Wildman–Crippen LogP) is 5.87. The minimum atomic E-state index is -0.0571. The summed E-state index contributed by atoms with van der Waals surface area (Å²) in [7, 11) is 0.